The van der Waals surface area contributed by atoms with Gasteiger partial charge in [0.1, 0.15) is 17.2 Å². The van der Waals surface area contributed by atoms with Crippen molar-refractivity contribution in [3.8, 4) is 17.2 Å². The van der Waals surface area contributed by atoms with Crippen molar-refractivity contribution >= 4 is 67.5 Å². The van der Waals surface area contributed by atoms with Crippen LogP contribution in [0.15, 0.2) is 134 Å². The molecule has 68 heavy (non-hydrogen) atoms. The Morgan fingerprint density at radius 2 is 1.29 bits per heavy atom. The van der Waals surface area contributed by atoms with Gasteiger partial charge < -0.3 is 28.4 Å². The van der Waals surface area contributed by atoms with E-state index >= 15 is 0 Å². The van der Waals surface area contributed by atoms with Gasteiger partial charge in [0, 0.05) is 36.1 Å². The summed E-state index contributed by atoms with van der Waals surface area (Å²) in [5.41, 5.74) is 3.00. The fraction of sp³-hybridized carbons (Fsp3) is 0.296. The zero-order valence-corrected chi connectivity index (χ0v) is 39.2. The van der Waals surface area contributed by atoms with Gasteiger partial charge in [-0.1, -0.05) is 87.1 Å². The van der Waals surface area contributed by atoms with Gasteiger partial charge in [-0.05, 0) is 110 Å². The third kappa shape index (κ3) is 15.4. The van der Waals surface area contributed by atoms with Gasteiger partial charge in [-0.2, -0.15) is 5.10 Å². The number of carbonyl (C=O) groups is 4. The molecule has 0 bridgehead atoms. The molecule has 0 spiro atoms. The first-order valence-corrected chi connectivity index (χ1v) is 23.7. The van der Waals surface area contributed by atoms with Crippen LogP contribution in [0, 0.1) is 0 Å². The van der Waals surface area contributed by atoms with E-state index < -0.39 is 23.9 Å². The van der Waals surface area contributed by atoms with Gasteiger partial charge in [0.2, 0.25) is 5.13 Å². The van der Waals surface area contributed by atoms with Crippen molar-refractivity contribution < 1.29 is 47.6 Å². The average Bonchev–Trinajstić information content (AvgIpc) is 3.81. The summed E-state index contributed by atoms with van der Waals surface area (Å²) in [6.45, 7) is 11.1. The van der Waals surface area contributed by atoms with Crippen molar-refractivity contribution in [3.05, 3.63) is 151 Å². The number of unbranched alkanes of at least 4 members (excludes halogenated alkanes) is 5. The Morgan fingerprint density at radius 3 is 1.94 bits per heavy atom. The fourth-order valence-electron chi connectivity index (χ4n) is 6.85. The van der Waals surface area contributed by atoms with Crippen molar-refractivity contribution in [1.29, 1.82) is 0 Å². The summed E-state index contributed by atoms with van der Waals surface area (Å²) in [7, 11) is 0. The molecule has 13 nitrogen and oxygen atoms in total. The molecule has 0 aliphatic carbocycles. The largest absolute Gasteiger partial charge is 0.494 e. The molecule has 0 fully saturated rings. The quantitative estimate of drug-likeness (QED) is 0.00875. The van der Waals surface area contributed by atoms with Crippen LogP contribution in [0.2, 0.25) is 0 Å². The van der Waals surface area contributed by atoms with Crippen LogP contribution in [0.4, 0.5) is 5.13 Å². The molecule has 6 rings (SSSR count). The lowest BCUT2D eigenvalue weighted by atomic mass is 10.1. The first-order chi connectivity index (χ1) is 33.2. The normalized spacial score (nSPS) is 11.0. The van der Waals surface area contributed by atoms with Gasteiger partial charge in [0.05, 0.1) is 60.6 Å². The van der Waals surface area contributed by atoms with Crippen LogP contribution < -0.4 is 19.2 Å². The molecule has 0 amide bonds. The number of ether oxygens (including phenoxy) is 6. The van der Waals surface area contributed by atoms with Crippen LogP contribution >= 0.6 is 11.3 Å². The Morgan fingerprint density at radius 1 is 0.662 bits per heavy atom. The second kappa shape index (κ2) is 26.7. The van der Waals surface area contributed by atoms with Crippen LogP contribution in [0.5, 0.6) is 17.2 Å². The highest BCUT2D eigenvalue weighted by atomic mass is 32.1. The molecule has 0 aliphatic heterocycles. The standard InChI is InChI=1S/C54H57N3O10S/c1-4-7-8-11-31-57(54-56-47-28-23-40-16-9-10-17-46(40)51(47)68-54)55-38-43-37-39(30-36-66-52(60)41-19-24-44(25-20-41)62-32-12-14-34-64-49(58)5-2)18-29-48(43)67-53(61)42-21-26-45(27-22-42)63-33-13-15-35-65-50(59)6-3/h5-6,9-10,16-29,37-38H,2-4,7-8,11-15,30-36H2,1H3/b55-38+. The zero-order valence-electron chi connectivity index (χ0n) is 38.4. The van der Waals surface area contributed by atoms with Gasteiger partial charge in [-0.25, -0.2) is 29.2 Å². The van der Waals surface area contributed by atoms with E-state index in [0.29, 0.717) is 92.4 Å². The Bertz CT molecular complexity index is 2660. The van der Waals surface area contributed by atoms with E-state index in [1.807, 2.05) is 35.3 Å². The lowest BCUT2D eigenvalue weighted by Crippen LogP contribution is -2.18. The maximum atomic E-state index is 13.6. The van der Waals surface area contributed by atoms with Crippen LogP contribution in [-0.2, 0) is 30.2 Å². The van der Waals surface area contributed by atoms with E-state index in [1.165, 1.54) is 0 Å². The highest BCUT2D eigenvalue weighted by Gasteiger charge is 2.17. The number of benzene rings is 5. The summed E-state index contributed by atoms with van der Waals surface area (Å²) < 4.78 is 34.3. The number of hydrazone groups is 1. The summed E-state index contributed by atoms with van der Waals surface area (Å²) in [5, 5.41) is 9.94. The highest BCUT2D eigenvalue weighted by molar-refractivity contribution is 7.23. The van der Waals surface area contributed by atoms with Crippen molar-refractivity contribution in [1.82, 2.24) is 4.98 Å². The Hall–Kier alpha value is -7.32. The Kier molecular flexibility index (Phi) is 19.7. The minimum Gasteiger partial charge on any atom is -0.494 e. The third-order valence-corrected chi connectivity index (χ3v) is 11.7. The maximum absolute atomic E-state index is 13.6. The molecule has 6 aromatic rings. The predicted molar refractivity (Wildman–Crippen MR) is 266 cm³/mol. The molecular formula is C54H57N3O10S. The van der Waals surface area contributed by atoms with Crippen molar-refractivity contribution in [2.45, 2.75) is 64.7 Å². The lowest BCUT2D eigenvalue weighted by molar-refractivity contribution is -0.138. The van der Waals surface area contributed by atoms with Crippen LogP contribution in [0.3, 0.4) is 0 Å². The lowest BCUT2D eigenvalue weighted by Gasteiger charge is -2.16. The third-order valence-electron chi connectivity index (χ3n) is 10.6. The smallest absolute Gasteiger partial charge is 0.343 e. The topological polar surface area (TPSA) is 152 Å². The molecule has 0 aliphatic rings. The molecule has 354 valence electrons. The molecular weight excluding hydrogens is 883 g/mol. The molecule has 0 radical (unpaired) electrons. The SMILES string of the molecule is C=CC(=O)OCCCCOc1ccc(C(=O)OCCc2ccc(OC(=O)c3ccc(OCCCCOC(=O)C=C)cc3)c(/C=N/N(CCCCCC)c3nc4ccc5ccccc5c4s3)c2)cc1. The molecule has 0 saturated carbocycles. The van der Waals surface area contributed by atoms with Gasteiger partial charge in [-0.15, -0.1) is 0 Å². The van der Waals surface area contributed by atoms with E-state index in [0.717, 1.165) is 69.5 Å². The van der Waals surface area contributed by atoms with Crippen molar-refractivity contribution in [3.63, 3.8) is 0 Å². The van der Waals surface area contributed by atoms with Gasteiger partial charge in [0.25, 0.3) is 0 Å². The van der Waals surface area contributed by atoms with E-state index in [9.17, 15) is 19.2 Å². The summed E-state index contributed by atoms with van der Waals surface area (Å²) in [5.74, 6) is -0.443. The maximum Gasteiger partial charge on any atom is 0.343 e. The Labute approximate surface area is 401 Å². The van der Waals surface area contributed by atoms with Gasteiger partial charge >= 0.3 is 23.9 Å². The number of esters is 4. The molecule has 0 N–H and O–H groups in total. The predicted octanol–water partition coefficient (Wildman–Crippen LogP) is 11.3. The summed E-state index contributed by atoms with van der Waals surface area (Å²) in [6, 6.07) is 31.2. The summed E-state index contributed by atoms with van der Waals surface area (Å²) in [4.78, 5) is 54.1. The number of thiazole rings is 1. The van der Waals surface area contributed by atoms with Crippen LogP contribution in [0.25, 0.3) is 21.0 Å². The molecule has 0 atom stereocenters. The number of hydrogen-bond acceptors (Lipinski definition) is 14. The van der Waals surface area contributed by atoms with E-state index in [2.05, 4.69) is 38.3 Å². The molecule has 0 saturated heterocycles. The first-order valence-electron chi connectivity index (χ1n) is 22.9. The average molecular weight is 940 g/mol. The highest BCUT2D eigenvalue weighted by Crippen LogP contribution is 2.35. The number of carbonyl (C=O) groups excluding carboxylic acids is 4. The zero-order chi connectivity index (χ0) is 47.9. The summed E-state index contributed by atoms with van der Waals surface area (Å²) in [6.07, 6.45) is 11.2. The minimum absolute atomic E-state index is 0.101. The fourth-order valence-corrected chi connectivity index (χ4v) is 7.94. The summed E-state index contributed by atoms with van der Waals surface area (Å²) >= 11 is 1.59. The van der Waals surface area contributed by atoms with E-state index in [-0.39, 0.29) is 13.2 Å². The molecule has 1 aromatic heterocycles. The van der Waals surface area contributed by atoms with Crippen LogP contribution in [-0.4, -0.2) is 74.7 Å². The number of hydrogen-bond donors (Lipinski definition) is 0. The number of nitrogens with zero attached hydrogens (tertiary/aromatic N) is 3. The van der Waals surface area contributed by atoms with Crippen molar-refractivity contribution in [2.75, 3.05) is 44.6 Å². The number of aromatic nitrogens is 1. The monoisotopic (exact) mass is 939 g/mol. The number of rotatable bonds is 28. The van der Waals surface area contributed by atoms with E-state index in [1.54, 1.807) is 72.1 Å². The second-order valence-corrected chi connectivity index (χ2v) is 16.6. The van der Waals surface area contributed by atoms with Gasteiger partial charge in [0.15, 0.2) is 0 Å². The Balaban J connectivity index is 1.14. The number of anilines is 1. The molecule has 0 unspecified atom stereocenters. The minimum atomic E-state index is -0.561. The number of fused-ring (bicyclic) bond motifs is 3. The van der Waals surface area contributed by atoms with E-state index in [4.69, 9.17) is 38.5 Å². The van der Waals surface area contributed by atoms with Crippen molar-refractivity contribution in [2.24, 2.45) is 5.10 Å². The van der Waals surface area contributed by atoms with Crippen LogP contribution in [0.1, 0.15) is 90.1 Å². The molecule has 14 heteroatoms. The first kappa shape index (κ1) is 50.1. The molecule has 5 aromatic carbocycles. The molecule has 1 heterocycles. The van der Waals surface area contributed by atoms with Gasteiger partial charge in [-0.3, -0.25) is 0 Å². The second-order valence-electron chi connectivity index (χ2n) is 15.6.